The smallest absolute Gasteiger partial charge is 0.267 e. The molecule has 0 saturated carbocycles. The van der Waals surface area contributed by atoms with Gasteiger partial charge in [-0.05, 0) is 25.8 Å². The summed E-state index contributed by atoms with van der Waals surface area (Å²) in [6.07, 6.45) is 3.05. The zero-order valence-corrected chi connectivity index (χ0v) is 12.5. The summed E-state index contributed by atoms with van der Waals surface area (Å²) >= 11 is 5.83. The van der Waals surface area contributed by atoms with Crippen LogP contribution in [0.2, 0.25) is 0 Å². The van der Waals surface area contributed by atoms with Gasteiger partial charge in [-0.1, -0.05) is 0 Å². The Kier molecular flexibility index (Phi) is 5.01. The number of aromatic nitrogens is 1. The van der Waals surface area contributed by atoms with E-state index in [1.54, 1.807) is 17.9 Å². The van der Waals surface area contributed by atoms with Crippen molar-refractivity contribution in [3.63, 3.8) is 0 Å². The quantitative estimate of drug-likeness (QED) is 0.846. The molecule has 2 amide bonds. The first-order chi connectivity index (χ1) is 9.97. The summed E-state index contributed by atoms with van der Waals surface area (Å²) in [7, 11) is 0. The Morgan fingerprint density at radius 2 is 2.33 bits per heavy atom. The molecule has 2 atom stereocenters. The minimum atomic E-state index is -0.600. The fourth-order valence-corrected chi connectivity index (χ4v) is 2.44. The van der Waals surface area contributed by atoms with Gasteiger partial charge in [0.25, 0.3) is 5.91 Å². The number of ether oxygens (including phenoxy) is 1. The van der Waals surface area contributed by atoms with Crippen LogP contribution in [-0.4, -0.2) is 46.3 Å². The normalized spacial score (nSPS) is 19.9. The maximum atomic E-state index is 11.9. The number of likely N-dealkylation sites (tertiary alicyclic amines) is 1. The molecule has 0 aliphatic carbocycles. The molecule has 0 spiro atoms. The van der Waals surface area contributed by atoms with Crippen molar-refractivity contribution in [2.45, 2.75) is 31.2 Å². The lowest BCUT2D eigenvalue weighted by Crippen LogP contribution is -2.46. The first-order valence-corrected chi connectivity index (χ1v) is 7.26. The highest BCUT2D eigenvalue weighted by Gasteiger charge is 2.27. The molecular weight excluding hydrogens is 294 g/mol. The molecule has 1 fully saturated rings. The molecule has 2 rings (SSSR count). The van der Waals surface area contributed by atoms with Crippen LogP contribution in [0, 0.1) is 0 Å². The van der Waals surface area contributed by atoms with Gasteiger partial charge in [0.2, 0.25) is 5.91 Å². The topological polar surface area (TPSA) is 85.5 Å². The largest absolute Gasteiger partial charge is 0.488 e. The maximum Gasteiger partial charge on any atom is 0.267 e. The average molecular weight is 312 g/mol. The van der Waals surface area contributed by atoms with E-state index in [2.05, 4.69) is 4.98 Å². The summed E-state index contributed by atoms with van der Waals surface area (Å²) < 4.78 is 5.82. The van der Waals surface area contributed by atoms with Gasteiger partial charge in [-0.25, -0.2) is 0 Å². The van der Waals surface area contributed by atoms with Crippen LogP contribution >= 0.6 is 11.6 Å². The lowest BCUT2D eigenvalue weighted by Gasteiger charge is -2.33. The number of rotatable bonds is 4. The van der Waals surface area contributed by atoms with Gasteiger partial charge in [-0.15, -0.1) is 11.6 Å². The molecule has 0 aromatic carbocycles. The van der Waals surface area contributed by atoms with Crippen LogP contribution in [0.4, 0.5) is 0 Å². The summed E-state index contributed by atoms with van der Waals surface area (Å²) in [5.41, 5.74) is 5.34. The molecule has 1 saturated heterocycles. The molecule has 2 heterocycles. The second kappa shape index (κ2) is 6.76. The van der Waals surface area contributed by atoms with E-state index in [9.17, 15) is 9.59 Å². The van der Waals surface area contributed by atoms with Crippen molar-refractivity contribution in [1.82, 2.24) is 9.88 Å². The monoisotopic (exact) mass is 311 g/mol. The Hall–Kier alpha value is -1.82. The Morgan fingerprint density at radius 1 is 1.57 bits per heavy atom. The van der Waals surface area contributed by atoms with Crippen LogP contribution in [0.1, 0.15) is 30.3 Å². The van der Waals surface area contributed by atoms with Gasteiger partial charge >= 0.3 is 0 Å². The van der Waals surface area contributed by atoms with E-state index in [0.717, 1.165) is 12.8 Å². The number of nitrogens with two attached hydrogens (primary N) is 1. The van der Waals surface area contributed by atoms with E-state index in [1.807, 2.05) is 0 Å². The fraction of sp³-hybridized carbons (Fsp3) is 0.500. The standard InChI is InChI=1S/C14H18ClN3O3/c1-9(15)14(20)18-6-2-3-11(8-18)21-10-4-5-17-12(7-10)13(16)19/h4-5,7,9,11H,2-3,6,8H2,1H3,(H2,16,19). The van der Waals surface area contributed by atoms with Gasteiger partial charge in [0.05, 0.1) is 6.54 Å². The number of piperidine rings is 1. The van der Waals surface area contributed by atoms with Crippen molar-refractivity contribution in [2.24, 2.45) is 5.73 Å². The maximum absolute atomic E-state index is 11.9. The minimum absolute atomic E-state index is 0.0856. The van der Waals surface area contributed by atoms with E-state index in [-0.39, 0.29) is 17.7 Å². The van der Waals surface area contributed by atoms with Crippen molar-refractivity contribution in [2.75, 3.05) is 13.1 Å². The Balaban J connectivity index is 2.01. The number of alkyl halides is 1. The van der Waals surface area contributed by atoms with Gasteiger partial charge in [0, 0.05) is 18.8 Å². The number of halogens is 1. The summed E-state index contributed by atoms with van der Waals surface area (Å²) in [6.45, 7) is 2.85. The molecular formula is C14H18ClN3O3. The van der Waals surface area contributed by atoms with Crippen LogP contribution in [0.15, 0.2) is 18.3 Å². The molecule has 7 heteroatoms. The number of hydrogen-bond acceptors (Lipinski definition) is 4. The third-order valence-electron chi connectivity index (χ3n) is 3.32. The molecule has 0 bridgehead atoms. The third kappa shape index (κ3) is 4.07. The Bertz CT molecular complexity index is 536. The highest BCUT2D eigenvalue weighted by molar-refractivity contribution is 6.30. The first-order valence-electron chi connectivity index (χ1n) is 6.82. The molecule has 1 aromatic rings. The lowest BCUT2D eigenvalue weighted by atomic mass is 10.1. The predicted octanol–water partition coefficient (Wildman–Crippen LogP) is 1.18. The van der Waals surface area contributed by atoms with E-state index in [4.69, 9.17) is 22.1 Å². The highest BCUT2D eigenvalue weighted by Crippen LogP contribution is 2.19. The molecule has 2 N–H and O–H groups in total. The van der Waals surface area contributed by atoms with Crippen molar-refractivity contribution in [1.29, 1.82) is 0 Å². The van der Waals surface area contributed by atoms with E-state index in [0.29, 0.717) is 18.8 Å². The molecule has 2 unspecified atom stereocenters. The van der Waals surface area contributed by atoms with Gasteiger partial charge in [-0.2, -0.15) is 0 Å². The Morgan fingerprint density at radius 3 is 3.00 bits per heavy atom. The van der Waals surface area contributed by atoms with Crippen molar-refractivity contribution >= 4 is 23.4 Å². The lowest BCUT2D eigenvalue weighted by molar-refractivity contribution is -0.133. The second-order valence-corrected chi connectivity index (χ2v) is 5.68. The van der Waals surface area contributed by atoms with Crippen LogP contribution in [0.5, 0.6) is 5.75 Å². The van der Waals surface area contributed by atoms with E-state index < -0.39 is 11.3 Å². The van der Waals surface area contributed by atoms with Crippen molar-refractivity contribution in [3.8, 4) is 5.75 Å². The molecule has 0 radical (unpaired) electrons. The summed E-state index contributed by atoms with van der Waals surface area (Å²) in [4.78, 5) is 28.6. The molecule has 114 valence electrons. The number of carbonyl (C=O) groups is 2. The number of pyridine rings is 1. The predicted molar refractivity (Wildman–Crippen MR) is 78.3 cm³/mol. The molecule has 21 heavy (non-hydrogen) atoms. The van der Waals surface area contributed by atoms with Gasteiger partial charge in [0.15, 0.2) is 0 Å². The third-order valence-corrected chi connectivity index (χ3v) is 3.50. The number of nitrogens with zero attached hydrogens (tertiary/aromatic N) is 2. The molecule has 1 aromatic heterocycles. The number of primary amides is 1. The van der Waals surface area contributed by atoms with Crippen molar-refractivity contribution in [3.05, 3.63) is 24.0 Å². The SMILES string of the molecule is CC(Cl)C(=O)N1CCCC(Oc2ccnc(C(N)=O)c2)C1. The number of hydrogen-bond donors (Lipinski definition) is 1. The zero-order valence-electron chi connectivity index (χ0n) is 11.8. The summed E-state index contributed by atoms with van der Waals surface area (Å²) in [5, 5.41) is -0.536. The van der Waals surface area contributed by atoms with E-state index >= 15 is 0 Å². The zero-order chi connectivity index (χ0) is 15.4. The fourth-order valence-electron chi connectivity index (χ4n) is 2.30. The number of carbonyl (C=O) groups excluding carboxylic acids is 2. The Labute approximate surface area is 128 Å². The second-order valence-electron chi connectivity index (χ2n) is 5.02. The van der Waals surface area contributed by atoms with Gasteiger partial charge < -0.3 is 15.4 Å². The summed E-state index contributed by atoms with van der Waals surface area (Å²) in [6, 6.07) is 3.17. The minimum Gasteiger partial charge on any atom is -0.488 e. The first kappa shape index (κ1) is 15.6. The van der Waals surface area contributed by atoms with Gasteiger partial charge in [-0.3, -0.25) is 14.6 Å². The molecule has 6 nitrogen and oxygen atoms in total. The summed E-state index contributed by atoms with van der Waals surface area (Å²) in [5.74, 6) is -0.161. The van der Waals surface area contributed by atoms with Crippen LogP contribution in [0.25, 0.3) is 0 Å². The number of amides is 2. The van der Waals surface area contributed by atoms with E-state index in [1.165, 1.54) is 12.3 Å². The molecule has 1 aliphatic heterocycles. The van der Waals surface area contributed by atoms with Crippen LogP contribution in [-0.2, 0) is 4.79 Å². The van der Waals surface area contributed by atoms with Crippen molar-refractivity contribution < 1.29 is 14.3 Å². The highest BCUT2D eigenvalue weighted by atomic mass is 35.5. The van der Waals surface area contributed by atoms with Crippen LogP contribution in [0.3, 0.4) is 0 Å². The molecule has 1 aliphatic rings. The van der Waals surface area contributed by atoms with Crippen LogP contribution < -0.4 is 10.5 Å². The van der Waals surface area contributed by atoms with Gasteiger partial charge in [0.1, 0.15) is 22.9 Å². The average Bonchev–Trinajstić information content (AvgIpc) is 2.47.